The number of piperazine rings is 1. The third-order valence-electron chi connectivity index (χ3n) is 4.37. The smallest absolute Gasteiger partial charge is 0.0459 e. The van der Waals surface area contributed by atoms with E-state index in [0.29, 0.717) is 6.04 Å². The highest BCUT2D eigenvalue weighted by Crippen LogP contribution is 2.26. The van der Waals surface area contributed by atoms with Crippen LogP contribution in [0.5, 0.6) is 0 Å². The van der Waals surface area contributed by atoms with Gasteiger partial charge in [0.1, 0.15) is 0 Å². The third kappa shape index (κ3) is 3.66. The molecule has 2 rings (SSSR count). The van der Waals surface area contributed by atoms with Crippen molar-refractivity contribution in [1.29, 1.82) is 0 Å². The zero-order valence-corrected chi connectivity index (χ0v) is 13.5. The van der Waals surface area contributed by atoms with Crippen LogP contribution in [-0.4, -0.2) is 43.7 Å². The molecule has 3 nitrogen and oxygen atoms in total. The average molecular weight is 296 g/mol. The molecular formula is C16H26ClN3. The van der Waals surface area contributed by atoms with Crippen molar-refractivity contribution < 1.29 is 0 Å². The molecule has 20 heavy (non-hydrogen) atoms. The van der Waals surface area contributed by atoms with Crippen molar-refractivity contribution in [2.75, 3.05) is 31.6 Å². The number of hydrogen-bond donors (Lipinski definition) is 1. The van der Waals surface area contributed by atoms with Gasteiger partial charge in [-0.1, -0.05) is 24.6 Å². The first kappa shape index (κ1) is 15.6. The highest BCUT2D eigenvalue weighted by atomic mass is 35.5. The van der Waals surface area contributed by atoms with Gasteiger partial charge in [0, 0.05) is 42.4 Å². The molecule has 1 fully saturated rings. The molecule has 0 saturated carbocycles. The average Bonchev–Trinajstić information content (AvgIpc) is 2.44. The summed E-state index contributed by atoms with van der Waals surface area (Å²) in [5.41, 5.74) is 8.40. The molecular weight excluding hydrogens is 270 g/mol. The molecule has 1 aliphatic heterocycles. The second kappa shape index (κ2) is 6.79. The zero-order chi connectivity index (χ0) is 14.7. The SMILES string of the molecule is CCC(N)Cc1ccc(N2CCN(C)C(C)C2)cc1Cl. The number of anilines is 1. The van der Waals surface area contributed by atoms with Crippen LogP contribution in [-0.2, 0) is 6.42 Å². The fourth-order valence-corrected chi connectivity index (χ4v) is 2.86. The lowest BCUT2D eigenvalue weighted by Crippen LogP contribution is -2.50. The number of hydrogen-bond acceptors (Lipinski definition) is 3. The lowest BCUT2D eigenvalue weighted by atomic mass is 10.0. The molecule has 112 valence electrons. The first-order valence-electron chi connectivity index (χ1n) is 7.50. The van der Waals surface area contributed by atoms with Gasteiger partial charge >= 0.3 is 0 Å². The highest BCUT2D eigenvalue weighted by Gasteiger charge is 2.21. The number of halogens is 1. The van der Waals surface area contributed by atoms with Crippen molar-refractivity contribution in [3.05, 3.63) is 28.8 Å². The van der Waals surface area contributed by atoms with Gasteiger partial charge in [0.2, 0.25) is 0 Å². The summed E-state index contributed by atoms with van der Waals surface area (Å²) in [4.78, 5) is 4.81. The summed E-state index contributed by atoms with van der Waals surface area (Å²) in [6, 6.07) is 7.19. The molecule has 0 radical (unpaired) electrons. The van der Waals surface area contributed by atoms with Gasteiger partial charge in [-0.15, -0.1) is 0 Å². The van der Waals surface area contributed by atoms with E-state index in [2.05, 4.69) is 48.9 Å². The van der Waals surface area contributed by atoms with E-state index in [1.807, 2.05) is 0 Å². The standard InChI is InChI=1S/C16H26ClN3/c1-4-14(18)9-13-5-6-15(10-16(13)17)20-8-7-19(3)12(2)11-20/h5-6,10,12,14H,4,7-9,11,18H2,1-3H3. The Morgan fingerprint density at radius 1 is 1.40 bits per heavy atom. The van der Waals surface area contributed by atoms with Crippen LogP contribution in [0.25, 0.3) is 0 Å². The van der Waals surface area contributed by atoms with Crippen LogP contribution < -0.4 is 10.6 Å². The van der Waals surface area contributed by atoms with E-state index < -0.39 is 0 Å². The largest absolute Gasteiger partial charge is 0.369 e. The number of likely N-dealkylation sites (N-methyl/N-ethyl adjacent to an activating group) is 1. The van der Waals surface area contributed by atoms with Gasteiger partial charge in [0.15, 0.2) is 0 Å². The van der Waals surface area contributed by atoms with E-state index >= 15 is 0 Å². The van der Waals surface area contributed by atoms with Gasteiger partial charge in [-0.2, -0.15) is 0 Å². The molecule has 2 unspecified atom stereocenters. The topological polar surface area (TPSA) is 32.5 Å². The molecule has 2 N–H and O–H groups in total. The minimum atomic E-state index is 0.196. The monoisotopic (exact) mass is 295 g/mol. The van der Waals surface area contributed by atoms with E-state index in [-0.39, 0.29) is 6.04 Å². The van der Waals surface area contributed by atoms with Crippen molar-refractivity contribution in [1.82, 2.24) is 4.90 Å². The molecule has 1 aromatic rings. The molecule has 0 aromatic heterocycles. The van der Waals surface area contributed by atoms with Crippen molar-refractivity contribution in [3.63, 3.8) is 0 Å². The minimum Gasteiger partial charge on any atom is -0.369 e. The first-order chi connectivity index (χ1) is 9.51. The predicted molar refractivity (Wildman–Crippen MR) is 87.7 cm³/mol. The molecule has 1 heterocycles. The van der Waals surface area contributed by atoms with Crippen LogP contribution in [0.3, 0.4) is 0 Å². The molecule has 0 spiro atoms. The summed E-state index contributed by atoms with van der Waals surface area (Å²) < 4.78 is 0. The van der Waals surface area contributed by atoms with Gasteiger partial charge < -0.3 is 15.5 Å². The van der Waals surface area contributed by atoms with Gasteiger partial charge in [0.05, 0.1) is 0 Å². The van der Waals surface area contributed by atoms with Gasteiger partial charge in [-0.3, -0.25) is 0 Å². The fourth-order valence-electron chi connectivity index (χ4n) is 2.61. The van der Waals surface area contributed by atoms with Crippen molar-refractivity contribution in [3.8, 4) is 0 Å². The maximum atomic E-state index is 6.42. The minimum absolute atomic E-state index is 0.196. The van der Waals surface area contributed by atoms with Crippen molar-refractivity contribution in [2.45, 2.75) is 38.8 Å². The second-order valence-electron chi connectivity index (χ2n) is 5.92. The molecule has 0 amide bonds. The molecule has 0 bridgehead atoms. The van der Waals surface area contributed by atoms with E-state index in [9.17, 15) is 0 Å². The van der Waals surface area contributed by atoms with Gasteiger partial charge in [0.25, 0.3) is 0 Å². The third-order valence-corrected chi connectivity index (χ3v) is 4.72. The Morgan fingerprint density at radius 3 is 2.75 bits per heavy atom. The summed E-state index contributed by atoms with van der Waals surface area (Å²) in [7, 11) is 2.18. The van der Waals surface area contributed by atoms with Crippen LogP contribution in [0.2, 0.25) is 5.02 Å². The quantitative estimate of drug-likeness (QED) is 0.927. The van der Waals surface area contributed by atoms with Crippen LogP contribution in [0.4, 0.5) is 5.69 Å². The van der Waals surface area contributed by atoms with Crippen LogP contribution in [0.1, 0.15) is 25.8 Å². The van der Waals surface area contributed by atoms with Crippen LogP contribution in [0.15, 0.2) is 18.2 Å². The van der Waals surface area contributed by atoms with Crippen molar-refractivity contribution >= 4 is 17.3 Å². The Bertz CT molecular complexity index is 449. The van der Waals surface area contributed by atoms with Crippen molar-refractivity contribution in [2.24, 2.45) is 5.73 Å². The summed E-state index contributed by atoms with van der Waals surface area (Å²) in [6.07, 6.45) is 1.84. The van der Waals surface area contributed by atoms with E-state index in [1.165, 1.54) is 5.69 Å². The number of benzene rings is 1. The van der Waals surface area contributed by atoms with E-state index in [0.717, 1.165) is 43.1 Å². The van der Waals surface area contributed by atoms with Gasteiger partial charge in [-0.05, 0) is 44.5 Å². The predicted octanol–water partition coefficient (Wildman–Crippen LogP) is 2.76. The number of nitrogens with zero attached hydrogens (tertiary/aromatic N) is 2. The van der Waals surface area contributed by atoms with E-state index in [4.69, 9.17) is 17.3 Å². The maximum Gasteiger partial charge on any atom is 0.0459 e. The van der Waals surface area contributed by atoms with E-state index in [1.54, 1.807) is 0 Å². The second-order valence-corrected chi connectivity index (χ2v) is 6.33. The molecule has 2 atom stereocenters. The fraction of sp³-hybridized carbons (Fsp3) is 0.625. The summed E-state index contributed by atoms with van der Waals surface area (Å²) in [5, 5.41) is 0.845. The highest BCUT2D eigenvalue weighted by molar-refractivity contribution is 6.31. The lowest BCUT2D eigenvalue weighted by molar-refractivity contribution is 0.234. The molecule has 1 saturated heterocycles. The Hall–Kier alpha value is -0.770. The Morgan fingerprint density at radius 2 is 2.15 bits per heavy atom. The summed E-state index contributed by atoms with van der Waals surface area (Å²) in [5.74, 6) is 0. The first-order valence-corrected chi connectivity index (χ1v) is 7.88. The summed E-state index contributed by atoms with van der Waals surface area (Å²) in [6.45, 7) is 7.59. The lowest BCUT2D eigenvalue weighted by Gasteiger charge is -2.39. The zero-order valence-electron chi connectivity index (χ0n) is 12.8. The molecule has 0 aliphatic carbocycles. The maximum absolute atomic E-state index is 6.42. The normalized spacial score (nSPS) is 22.1. The van der Waals surface area contributed by atoms with Gasteiger partial charge in [-0.25, -0.2) is 0 Å². The van der Waals surface area contributed by atoms with Crippen LogP contribution >= 0.6 is 11.6 Å². The van der Waals surface area contributed by atoms with Crippen LogP contribution in [0, 0.1) is 0 Å². The Labute approximate surface area is 127 Å². The molecule has 4 heteroatoms. The molecule has 1 aromatic carbocycles. The molecule has 1 aliphatic rings. The Kier molecular flexibility index (Phi) is 5.30. The summed E-state index contributed by atoms with van der Waals surface area (Å²) >= 11 is 6.42. The number of rotatable bonds is 4. The number of nitrogens with two attached hydrogens (primary N) is 1. The Balaban J connectivity index is 2.09.